The molecule has 0 spiro atoms. The predicted octanol–water partition coefficient (Wildman–Crippen LogP) is 1.52. The molecule has 2 bridgehead atoms. The van der Waals surface area contributed by atoms with Crippen LogP contribution in [0.2, 0.25) is 0 Å². The molecule has 3 atom stereocenters. The summed E-state index contributed by atoms with van der Waals surface area (Å²) in [5.74, 6) is 0.167. The maximum Gasteiger partial charge on any atom is 0.222 e. The highest BCUT2D eigenvalue weighted by molar-refractivity contribution is 6.24. The van der Waals surface area contributed by atoms with Crippen LogP contribution in [0.4, 0.5) is 0 Å². The Bertz CT molecular complexity index is 810. The molecule has 3 aliphatic rings. The standard InChI is InChI=1S/C20H28ClN3O/c1-12(2)20(25)22-8-9-24-16-6-4-13(21)10-15(16)19-17-7-5-14(23(17)3)11-18(19)24/h6,10,12-14,17H,4-5,7-9,11H2,1-3H3,(H,22,25). The summed E-state index contributed by atoms with van der Waals surface area (Å²) >= 11 is 6.45. The van der Waals surface area contributed by atoms with Crippen molar-refractivity contribution >= 4 is 29.7 Å². The summed E-state index contributed by atoms with van der Waals surface area (Å²) in [5, 5.41) is 5.84. The molecule has 0 saturated carbocycles. The van der Waals surface area contributed by atoms with Crippen LogP contribution < -0.4 is 15.9 Å². The fourth-order valence-corrected chi connectivity index (χ4v) is 4.98. The lowest BCUT2D eigenvalue weighted by atomic mass is 9.97. The molecule has 3 unspecified atom stereocenters. The molecule has 4 rings (SSSR count). The Morgan fingerprint density at radius 2 is 2.20 bits per heavy atom. The minimum Gasteiger partial charge on any atom is -0.354 e. The monoisotopic (exact) mass is 361 g/mol. The van der Waals surface area contributed by atoms with E-state index >= 15 is 0 Å². The molecule has 1 aliphatic carbocycles. The molecule has 3 heterocycles. The maximum atomic E-state index is 11.9. The molecule has 1 N–H and O–H groups in total. The summed E-state index contributed by atoms with van der Waals surface area (Å²) in [5.41, 5.74) is 2.98. The highest BCUT2D eigenvalue weighted by atomic mass is 35.5. The number of hydrogen-bond acceptors (Lipinski definition) is 2. The molecule has 1 aromatic rings. The molecular formula is C20H28ClN3O. The first kappa shape index (κ1) is 17.2. The van der Waals surface area contributed by atoms with Gasteiger partial charge in [-0.05, 0) is 31.9 Å². The van der Waals surface area contributed by atoms with Gasteiger partial charge in [0.05, 0.1) is 5.38 Å². The molecule has 25 heavy (non-hydrogen) atoms. The lowest BCUT2D eigenvalue weighted by Crippen LogP contribution is -2.38. The number of carbonyl (C=O) groups is 1. The van der Waals surface area contributed by atoms with Crippen molar-refractivity contribution in [3.05, 3.63) is 21.8 Å². The highest BCUT2D eigenvalue weighted by Crippen LogP contribution is 2.41. The van der Waals surface area contributed by atoms with E-state index < -0.39 is 0 Å². The van der Waals surface area contributed by atoms with Gasteiger partial charge in [-0.25, -0.2) is 0 Å². The number of carbonyl (C=O) groups excluding carboxylic acids is 1. The van der Waals surface area contributed by atoms with Crippen LogP contribution >= 0.6 is 11.6 Å². The second-order valence-corrected chi connectivity index (χ2v) is 8.56. The van der Waals surface area contributed by atoms with Crippen molar-refractivity contribution in [1.82, 2.24) is 14.8 Å². The summed E-state index contributed by atoms with van der Waals surface area (Å²) in [6, 6.07) is 1.19. The van der Waals surface area contributed by atoms with Gasteiger partial charge in [-0.15, -0.1) is 11.6 Å². The Kier molecular flexibility index (Phi) is 4.45. The fourth-order valence-electron chi connectivity index (χ4n) is 4.77. The van der Waals surface area contributed by atoms with Crippen LogP contribution in [0.5, 0.6) is 0 Å². The molecule has 2 aliphatic heterocycles. The summed E-state index contributed by atoms with van der Waals surface area (Å²) in [7, 11) is 2.27. The first-order chi connectivity index (χ1) is 12.0. The zero-order valence-electron chi connectivity index (χ0n) is 15.4. The van der Waals surface area contributed by atoms with Gasteiger partial charge in [0, 0.05) is 53.8 Å². The zero-order valence-corrected chi connectivity index (χ0v) is 16.1. The van der Waals surface area contributed by atoms with Crippen LogP contribution in [0.3, 0.4) is 0 Å². The summed E-state index contributed by atoms with van der Waals surface area (Å²) in [4.78, 5) is 14.4. The van der Waals surface area contributed by atoms with Gasteiger partial charge in [-0.3, -0.25) is 9.69 Å². The SMILES string of the molecule is CC(C)C(=O)NCCn1c2c(c3c1=CCC(Cl)C=3)C1CCC(C2)N1C. The van der Waals surface area contributed by atoms with Gasteiger partial charge in [-0.1, -0.05) is 26.0 Å². The van der Waals surface area contributed by atoms with E-state index in [4.69, 9.17) is 11.6 Å². The van der Waals surface area contributed by atoms with Gasteiger partial charge < -0.3 is 9.88 Å². The van der Waals surface area contributed by atoms with E-state index in [1.54, 1.807) is 0 Å². The second kappa shape index (κ2) is 6.48. The number of nitrogens with one attached hydrogen (secondary N) is 1. The summed E-state index contributed by atoms with van der Waals surface area (Å²) < 4.78 is 2.46. The predicted molar refractivity (Wildman–Crippen MR) is 102 cm³/mol. The van der Waals surface area contributed by atoms with Crippen LogP contribution in [0.15, 0.2) is 0 Å². The van der Waals surface area contributed by atoms with Crippen LogP contribution in [0.25, 0.3) is 12.2 Å². The molecule has 5 heteroatoms. The van der Waals surface area contributed by atoms with E-state index in [0.29, 0.717) is 18.6 Å². The molecule has 4 nitrogen and oxygen atoms in total. The Morgan fingerprint density at radius 3 is 2.96 bits per heavy atom. The third-order valence-corrected chi connectivity index (χ3v) is 6.44. The first-order valence-electron chi connectivity index (χ1n) is 9.54. The average Bonchev–Trinajstić information content (AvgIpc) is 2.98. The van der Waals surface area contributed by atoms with Gasteiger partial charge >= 0.3 is 0 Å². The van der Waals surface area contributed by atoms with E-state index in [9.17, 15) is 4.79 Å². The first-order valence-corrected chi connectivity index (χ1v) is 9.98. The Balaban J connectivity index is 1.71. The summed E-state index contributed by atoms with van der Waals surface area (Å²) in [6.07, 6.45) is 9.08. The number of hydrogen-bond donors (Lipinski definition) is 1. The number of amides is 1. The average molecular weight is 362 g/mol. The summed E-state index contributed by atoms with van der Waals surface area (Å²) in [6.45, 7) is 5.40. The normalized spacial score (nSPS) is 27.5. The molecule has 0 aromatic carbocycles. The van der Waals surface area contributed by atoms with E-state index in [-0.39, 0.29) is 17.2 Å². The minimum atomic E-state index is 0.0360. The molecule has 1 aromatic heterocycles. The number of fused-ring (bicyclic) bond motifs is 6. The van der Waals surface area contributed by atoms with Crippen LogP contribution in [0.1, 0.15) is 50.4 Å². The number of nitrogens with zero attached hydrogens (tertiary/aromatic N) is 2. The van der Waals surface area contributed by atoms with Crippen LogP contribution in [-0.4, -0.2) is 40.4 Å². The smallest absolute Gasteiger partial charge is 0.222 e. The Hall–Kier alpha value is -1.26. The second-order valence-electron chi connectivity index (χ2n) is 8.00. The lowest BCUT2D eigenvalue weighted by molar-refractivity contribution is -0.124. The van der Waals surface area contributed by atoms with E-state index in [1.165, 1.54) is 34.7 Å². The largest absolute Gasteiger partial charge is 0.354 e. The van der Waals surface area contributed by atoms with Crippen LogP contribution in [-0.2, 0) is 17.8 Å². The minimum absolute atomic E-state index is 0.0360. The molecule has 1 saturated heterocycles. The Labute approximate surface area is 154 Å². The maximum absolute atomic E-state index is 11.9. The van der Waals surface area contributed by atoms with Gasteiger partial charge in [0.1, 0.15) is 0 Å². The van der Waals surface area contributed by atoms with Gasteiger partial charge in [-0.2, -0.15) is 0 Å². The number of halogens is 1. The van der Waals surface area contributed by atoms with Gasteiger partial charge in [0.25, 0.3) is 0 Å². The van der Waals surface area contributed by atoms with Crippen molar-refractivity contribution < 1.29 is 4.79 Å². The number of alkyl halides is 1. The topological polar surface area (TPSA) is 37.3 Å². The van der Waals surface area contributed by atoms with E-state index in [0.717, 1.165) is 19.4 Å². The lowest BCUT2D eigenvalue weighted by Gasteiger charge is -2.32. The molecular weight excluding hydrogens is 334 g/mol. The zero-order chi connectivity index (χ0) is 17.7. The fraction of sp³-hybridized carbons (Fsp3) is 0.650. The van der Waals surface area contributed by atoms with Gasteiger partial charge in [0.15, 0.2) is 0 Å². The number of aromatic nitrogens is 1. The number of rotatable bonds is 4. The quantitative estimate of drug-likeness (QED) is 0.826. The van der Waals surface area contributed by atoms with Crippen molar-refractivity contribution in [3.63, 3.8) is 0 Å². The van der Waals surface area contributed by atoms with Crippen molar-refractivity contribution in [2.45, 2.75) is 63.5 Å². The highest BCUT2D eigenvalue weighted by Gasteiger charge is 2.40. The van der Waals surface area contributed by atoms with E-state index in [2.05, 4.69) is 34.0 Å². The van der Waals surface area contributed by atoms with Crippen molar-refractivity contribution in [2.24, 2.45) is 5.92 Å². The van der Waals surface area contributed by atoms with Crippen molar-refractivity contribution in [3.8, 4) is 0 Å². The van der Waals surface area contributed by atoms with Crippen LogP contribution in [0, 0.1) is 5.92 Å². The van der Waals surface area contributed by atoms with Gasteiger partial charge in [0.2, 0.25) is 5.91 Å². The molecule has 136 valence electrons. The van der Waals surface area contributed by atoms with Crippen molar-refractivity contribution in [1.29, 1.82) is 0 Å². The molecule has 1 amide bonds. The molecule has 1 fully saturated rings. The third-order valence-electron chi connectivity index (χ3n) is 6.14. The van der Waals surface area contributed by atoms with Crippen molar-refractivity contribution in [2.75, 3.05) is 13.6 Å². The molecule has 0 radical (unpaired) electrons. The third kappa shape index (κ3) is 2.83. The number of likely N-dealkylation sites (N-methyl/N-ethyl adjacent to an activating group) is 1. The Morgan fingerprint density at radius 1 is 1.40 bits per heavy atom. The van der Waals surface area contributed by atoms with E-state index in [1.807, 2.05) is 13.8 Å².